The Balaban J connectivity index is 1.67. The molecule has 4 rings (SSSR count). The van der Waals surface area contributed by atoms with Crippen LogP contribution in [0, 0.1) is 6.92 Å². The standard InChI is InChI=1S/C21H23N5O6S/c1-13-12-22-18-16(20(28)25(3)21(29)24(18)2)17(13)23-19(27)14-4-6-15(7-5-14)33(30,31)26-8-10-32-11-9-26/h4-7,12H,8-11H2,1-3H3,(H,22,23,27). The van der Waals surface area contributed by atoms with E-state index in [2.05, 4.69) is 10.3 Å². The van der Waals surface area contributed by atoms with Gasteiger partial charge >= 0.3 is 5.69 Å². The monoisotopic (exact) mass is 473 g/mol. The molecule has 0 saturated carbocycles. The number of carbonyl (C=O) groups excluding carboxylic acids is 1. The number of aryl methyl sites for hydroxylation is 2. The molecule has 1 fully saturated rings. The van der Waals surface area contributed by atoms with E-state index < -0.39 is 27.2 Å². The summed E-state index contributed by atoms with van der Waals surface area (Å²) >= 11 is 0. The number of fused-ring (bicyclic) bond motifs is 1. The molecule has 1 aromatic carbocycles. The van der Waals surface area contributed by atoms with E-state index in [1.54, 1.807) is 6.92 Å². The number of anilines is 1. The second-order valence-corrected chi connectivity index (χ2v) is 9.65. The van der Waals surface area contributed by atoms with Crippen molar-refractivity contribution in [2.45, 2.75) is 11.8 Å². The fourth-order valence-corrected chi connectivity index (χ4v) is 5.09. The van der Waals surface area contributed by atoms with Gasteiger partial charge in [0.05, 0.1) is 23.8 Å². The Bertz CT molecular complexity index is 1470. The van der Waals surface area contributed by atoms with E-state index in [9.17, 15) is 22.8 Å². The lowest BCUT2D eigenvalue weighted by molar-refractivity contribution is 0.0730. The molecule has 1 saturated heterocycles. The minimum absolute atomic E-state index is 0.0790. The number of amides is 1. The van der Waals surface area contributed by atoms with Crippen LogP contribution < -0.4 is 16.6 Å². The zero-order chi connectivity index (χ0) is 23.9. The fourth-order valence-electron chi connectivity index (χ4n) is 3.68. The number of pyridine rings is 1. The Hall–Kier alpha value is -3.35. The molecular weight excluding hydrogens is 450 g/mol. The van der Waals surface area contributed by atoms with Crippen molar-refractivity contribution in [3.05, 3.63) is 62.4 Å². The van der Waals surface area contributed by atoms with Crippen LogP contribution in [-0.2, 0) is 28.9 Å². The van der Waals surface area contributed by atoms with Gasteiger partial charge in [-0.3, -0.25) is 18.7 Å². The average molecular weight is 474 g/mol. The van der Waals surface area contributed by atoms with Gasteiger partial charge in [0.1, 0.15) is 5.39 Å². The minimum Gasteiger partial charge on any atom is -0.379 e. The molecule has 33 heavy (non-hydrogen) atoms. The lowest BCUT2D eigenvalue weighted by atomic mass is 10.1. The third-order valence-electron chi connectivity index (χ3n) is 5.62. The Morgan fingerprint density at radius 1 is 1.06 bits per heavy atom. The Kier molecular flexibility index (Phi) is 5.91. The van der Waals surface area contributed by atoms with Crippen molar-refractivity contribution in [1.82, 2.24) is 18.4 Å². The molecule has 1 amide bonds. The van der Waals surface area contributed by atoms with Gasteiger partial charge in [-0.05, 0) is 36.8 Å². The second kappa shape index (κ2) is 8.54. The van der Waals surface area contributed by atoms with Crippen molar-refractivity contribution in [3.63, 3.8) is 0 Å². The number of nitrogens with zero attached hydrogens (tertiary/aromatic N) is 4. The largest absolute Gasteiger partial charge is 0.379 e. The molecule has 1 N–H and O–H groups in total. The molecule has 0 bridgehead atoms. The Morgan fingerprint density at radius 2 is 1.70 bits per heavy atom. The van der Waals surface area contributed by atoms with Gasteiger partial charge in [0.2, 0.25) is 10.0 Å². The van der Waals surface area contributed by atoms with Gasteiger partial charge in [-0.1, -0.05) is 0 Å². The maximum absolute atomic E-state index is 12.9. The van der Waals surface area contributed by atoms with Gasteiger partial charge < -0.3 is 10.1 Å². The van der Waals surface area contributed by atoms with Crippen LogP contribution in [0.15, 0.2) is 44.9 Å². The molecule has 3 heterocycles. The number of hydrogen-bond acceptors (Lipinski definition) is 7. The van der Waals surface area contributed by atoms with Gasteiger partial charge in [0.15, 0.2) is 5.65 Å². The molecule has 0 atom stereocenters. The summed E-state index contributed by atoms with van der Waals surface area (Å²) in [5.41, 5.74) is 0.0342. The zero-order valence-corrected chi connectivity index (χ0v) is 19.2. The Labute approximate surface area is 189 Å². The maximum Gasteiger partial charge on any atom is 0.332 e. The maximum atomic E-state index is 12.9. The number of benzene rings is 1. The van der Waals surface area contributed by atoms with E-state index in [1.807, 2.05) is 0 Å². The van der Waals surface area contributed by atoms with Crippen molar-refractivity contribution in [1.29, 1.82) is 0 Å². The third kappa shape index (κ3) is 3.96. The number of sulfonamides is 1. The fraction of sp³-hybridized carbons (Fsp3) is 0.333. The van der Waals surface area contributed by atoms with E-state index in [1.165, 1.54) is 53.4 Å². The number of morpholine rings is 1. The van der Waals surface area contributed by atoms with Gasteiger partial charge in [-0.15, -0.1) is 0 Å². The van der Waals surface area contributed by atoms with Crippen LogP contribution in [0.2, 0.25) is 0 Å². The third-order valence-corrected chi connectivity index (χ3v) is 7.53. The molecule has 0 aliphatic carbocycles. The summed E-state index contributed by atoms with van der Waals surface area (Å²) in [6, 6.07) is 5.57. The van der Waals surface area contributed by atoms with Gasteiger partial charge in [-0.25, -0.2) is 18.2 Å². The van der Waals surface area contributed by atoms with Crippen molar-refractivity contribution in [3.8, 4) is 0 Å². The predicted octanol–water partition coefficient (Wildman–Crippen LogP) is 0.214. The van der Waals surface area contributed by atoms with Crippen molar-refractivity contribution >= 4 is 32.7 Å². The topological polar surface area (TPSA) is 133 Å². The highest BCUT2D eigenvalue weighted by Crippen LogP contribution is 2.23. The lowest BCUT2D eigenvalue weighted by Crippen LogP contribution is -2.40. The van der Waals surface area contributed by atoms with Crippen LogP contribution in [0.4, 0.5) is 5.69 Å². The van der Waals surface area contributed by atoms with Crippen LogP contribution in [-0.4, -0.2) is 59.1 Å². The number of rotatable bonds is 4. The summed E-state index contributed by atoms with van der Waals surface area (Å²) in [4.78, 5) is 42.2. The van der Waals surface area contributed by atoms with E-state index in [-0.39, 0.29) is 40.3 Å². The second-order valence-electron chi connectivity index (χ2n) is 7.72. The first-order valence-corrected chi connectivity index (χ1v) is 11.6. The molecule has 0 radical (unpaired) electrons. The van der Waals surface area contributed by atoms with E-state index >= 15 is 0 Å². The smallest absolute Gasteiger partial charge is 0.332 e. The first kappa shape index (κ1) is 22.8. The van der Waals surface area contributed by atoms with Crippen LogP contribution in [0.25, 0.3) is 11.0 Å². The van der Waals surface area contributed by atoms with Crippen molar-refractivity contribution < 1.29 is 17.9 Å². The van der Waals surface area contributed by atoms with Crippen molar-refractivity contribution in [2.24, 2.45) is 14.1 Å². The quantitative estimate of drug-likeness (QED) is 0.573. The lowest BCUT2D eigenvalue weighted by Gasteiger charge is -2.26. The number of hydrogen-bond donors (Lipinski definition) is 1. The van der Waals surface area contributed by atoms with E-state index in [0.717, 1.165) is 4.57 Å². The summed E-state index contributed by atoms with van der Waals surface area (Å²) in [5.74, 6) is -0.531. The number of nitrogens with one attached hydrogen (secondary N) is 1. The predicted molar refractivity (Wildman–Crippen MR) is 121 cm³/mol. The highest BCUT2D eigenvalue weighted by Gasteiger charge is 2.26. The van der Waals surface area contributed by atoms with E-state index in [4.69, 9.17) is 4.74 Å². The number of ether oxygens (including phenoxy) is 1. The van der Waals surface area contributed by atoms with Gasteiger partial charge in [0.25, 0.3) is 11.5 Å². The van der Waals surface area contributed by atoms with Crippen LogP contribution in [0.5, 0.6) is 0 Å². The highest BCUT2D eigenvalue weighted by atomic mass is 32.2. The zero-order valence-electron chi connectivity index (χ0n) is 18.4. The Morgan fingerprint density at radius 3 is 2.33 bits per heavy atom. The molecule has 0 spiro atoms. The number of carbonyl (C=O) groups is 1. The molecule has 0 unspecified atom stereocenters. The SMILES string of the molecule is Cc1cnc2c(c1NC(=O)c1ccc(S(=O)(=O)N3CCOCC3)cc1)c(=O)n(C)c(=O)n2C. The van der Waals surface area contributed by atoms with Crippen molar-refractivity contribution in [2.75, 3.05) is 31.6 Å². The molecule has 3 aromatic rings. The molecule has 2 aromatic heterocycles. The summed E-state index contributed by atoms with van der Waals surface area (Å²) in [5, 5.41) is 2.83. The van der Waals surface area contributed by atoms with Gasteiger partial charge in [0, 0.05) is 38.9 Å². The summed E-state index contributed by atoms with van der Waals surface area (Å²) in [6.45, 7) is 2.91. The molecule has 12 heteroatoms. The molecular formula is C21H23N5O6S. The average Bonchev–Trinajstić information content (AvgIpc) is 2.83. The first-order valence-electron chi connectivity index (χ1n) is 10.2. The minimum atomic E-state index is -3.68. The highest BCUT2D eigenvalue weighted by molar-refractivity contribution is 7.89. The van der Waals surface area contributed by atoms with Gasteiger partial charge in [-0.2, -0.15) is 4.31 Å². The number of aromatic nitrogens is 3. The summed E-state index contributed by atoms with van der Waals surface area (Å²) < 4.78 is 34.3. The van der Waals surface area contributed by atoms with E-state index in [0.29, 0.717) is 18.8 Å². The molecule has 174 valence electrons. The molecule has 1 aliphatic heterocycles. The first-order chi connectivity index (χ1) is 15.6. The van der Waals surface area contributed by atoms with Crippen LogP contribution in [0.3, 0.4) is 0 Å². The van der Waals surface area contributed by atoms with Crippen LogP contribution in [0.1, 0.15) is 15.9 Å². The summed E-state index contributed by atoms with van der Waals surface area (Å²) in [7, 11) is -0.837. The molecule has 1 aliphatic rings. The summed E-state index contributed by atoms with van der Waals surface area (Å²) in [6.07, 6.45) is 1.47. The van der Waals surface area contributed by atoms with Crippen LogP contribution >= 0.6 is 0 Å². The normalized spacial score (nSPS) is 15.0. The molecule has 11 nitrogen and oxygen atoms in total.